The van der Waals surface area contributed by atoms with Crippen molar-refractivity contribution in [2.45, 2.75) is 6.18 Å². The molecule has 0 aliphatic carbocycles. The average molecular weight is 227 g/mol. The minimum absolute atomic E-state index is 0. The molecule has 0 saturated heterocycles. The Morgan fingerprint density at radius 1 is 1.29 bits per heavy atom. The Labute approximate surface area is 83.1 Å². The predicted octanol–water partition coefficient (Wildman–Crippen LogP) is -0.382. The molecular formula is C7H4ClF3NO2-. The first-order valence-corrected chi connectivity index (χ1v) is 3.23. The summed E-state index contributed by atoms with van der Waals surface area (Å²) >= 11 is 0. The fraction of sp³-hybridized carbons (Fsp3) is 0.143. The summed E-state index contributed by atoms with van der Waals surface area (Å²) < 4.78 is 36.0. The molecule has 7 heteroatoms. The number of non-ortho nitro benzene ring substituents is 1. The highest BCUT2D eigenvalue weighted by Gasteiger charge is 2.31. The highest BCUT2D eigenvalue weighted by atomic mass is 35.5. The van der Waals surface area contributed by atoms with Gasteiger partial charge in [0.1, 0.15) is 0 Å². The molecule has 1 aromatic rings. The van der Waals surface area contributed by atoms with Crippen LogP contribution >= 0.6 is 0 Å². The maximum Gasteiger partial charge on any atom is 0.416 e. The van der Waals surface area contributed by atoms with Gasteiger partial charge in [0.15, 0.2) is 0 Å². The van der Waals surface area contributed by atoms with Gasteiger partial charge in [-0.15, -0.1) is 0 Å². The second-order valence-corrected chi connectivity index (χ2v) is 2.31. The summed E-state index contributed by atoms with van der Waals surface area (Å²) in [5, 5.41) is 10.1. The van der Waals surface area contributed by atoms with Gasteiger partial charge in [-0.05, 0) is 6.07 Å². The first kappa shape index (κ1) is 12.7. The van der Waals surface area contributed by atoms with Crippen molar-refractivity contribution in [2.75, 3.05) is 0 Å². The maximum atomic E-state index is 12.0. The fourth-order valence-electron chi connectivity index (χ4n) is 0.796. The van der Waals surface area contributed by atoms with E-state index in [1.807, 2.05) is 0 Å². The summed E-state index contributed by atoms with van der Waals surface area (Å²) in [7, 11) is 0. The molecular weight excluding hydrogens is 223 g/mol. The molecule has 1 aromatic carbocycles. The van der Waals surface area contributed by atoms with E-state index in [0.717, 1.165) is 18.2 Å². The number of nitro groups is 1. The molecule has 0 amide bonds. The van der Waals surface area contributed by atoms with Crippen LogP contribution in [-0.4, -0.2) is 4.92 Å². The third kappa shape index (κ3) is 2.88. The van der Waals surface area contributed by atoms with E-state index in [9.17, 15) is 23.3 Å². The number of halogens is 4. The van der Waals surface area contributed by atoms with Crippen molar-refractivity contribution in [1.29, 1.82) is 0 Å². The molecule has 0 heterocycles. The lowest BCUT2D eigenvalue weighted by Gasteiger charge is -2.04. The molecule has 0 aliphatic rings. The summed E-state index contributed by atoms with van der Waals surface area (Å²) in [4.78, 5) is 9.25. The third-order valence-electron chi connectivity index (χ3n) is 1.38. The van der Waals surface area contributed by atoms with Gasteiger partial charge in [0.05, 0.1) is 10.5 Å². The van der Waals surface area contributed by atoms with Gasteiger partial charge < -0.3 is 12.4 Å². The van der Waals surface area contributed by atoms with Crippen LogP contribution in [0.1, 0.15) is 5.56 Å². The van der Waals surface area contributed by atoms with Gasteiger partial charge in [0, 0.05) is 12.1 Å². The van der Waals surface area contributed by atoms with Crippen LogP contribution in [0.15, 0.2) is 24.3 Å². The Morgan fingerprint density at radius 3 is 2.29 bits per heavy atom. The molecule has 0 N–H and O–H groups in total. The minimum Gasteiger partial charge on any atom is -1.00 e. The van der Waals surface area contributed by atoms with E-state index in [-0.39, 0.29) is 12.4 Å². The summed E-state index contributed by atoms with van der Waals surface area (Å²) in [6.45, 7) is 0. The zero-order valence-corrected chi connectivity index (χ0v) is 7.34. The van der Waals surface area contributed by atoms with E-state index in [4.69, 9.17) is 0 Å². The number of hydrogen-bond acceptors (Lipinski definition) is 2. The molecule has 0 atom stereocenters. The van der Waals surface area contributed by atoms with Gasteiger partial charge in [-0.2, -0.15) is 13.2 Å². The Balaban J connectivity index is 0.00000169. The minimum atomic E-state index is -4.54. The second-order valence-electron chi connectivity index (χ2n) is 2.31. The monoisotopic (exact) mass is 226 g/mol. The van der Waals surface area contributed by atoms with Gasteiger partial charge in [0.2, 0.25) is 0 Å². The number of nitro benzene ring substituents is 1. The normalized spacial score (nSPS) is 10.5. The van der Waals surface area contributed by atoms with Crippen molar-refractivity contribution in [3.8, 4) is 0 Å². The zero-order valence-electron chi connectivity index (χ0n) is 6.58. The van der Waals surface area contributed by atoms with Gasteiger partial charge in [-0.3, -0.25) is 10.1 Å². The topological polar surface area (TPSA) is 43.1 Å². The van der Waals surface area contributed by atoms with Crippen molar-refractivity contribution in [3.63, 3.8) is 0 Å². The lowest BCUT2D eigenvalue weighted by Crippen LogP contribution is -3.00. The van der Waals surface area contributed by atoms with Gasteiger partial charge in [-0.25, -0.2) is 0 Å². The smallest absolute Gasteiger partial charge is 0.416 e. The number of alkyl halides is 3. The van der Waals surface area contributed by atoms with Crippen LogP contribution in [0.4, 0.5) is 18.9 Å². The zero-order chi connectivity index (χ0) is 10.1. The molecule has 3 nitrogen and oxygen atoms in total. The highest BCUT2D eigenvalue weighted by Crippen LogP contribution is 2.30. The van der Waals surface area contributed by atoms with Gasteiger partial charge in [-0.1, -0.05) is 6.07 Å². The molecule has 0 saturated carbocycles. The van der Waals surface area contributed by atoms with Crippen LogP contribution in [0, 0.1) is 10.1 Å². The van der Waals surface area contributed by atoms with E-state index in [0.29, 0.717) is 6.07 Å². The molecule has 0 unspecified atom stereocenters. The summed E-state index contributed by atoms with van der Waals surface area (Å²) in [5.74, 6) is 0. The molecule has 0 radical (unpaired) electrons. The quantitative estimate of drug-likeness (QED) is 0.484. The Bertz CT molecular complexity index is 340. The lowest BCUT2D eigenvalue weighted by molar-refractivity contribution is -0.385. The summed E-state index contributed by atoms with van der Waals surface area (Å²) in [6.07, 6.45) is -4.54. The number of nitrogens with zero attached hydrogens (tertiary/aromatic N) is 1. The molecule has 0 bridgehead atoms. The standard InChI is InChI=1S/C7H4F3NO2.ClH/c8-7(9,10)5-2-1-3-6(4-5)11(12)13;/h1-4H;1H/p-1. The average Bonchev–Trinajstić information content (AvgIpc) is 2.03. The van der Waals surface area contributed by atoms with Crippen LogP contribution < -0.4 is 12.4 Å². The molecule has 0 aromatic heterocycles. The van der Waals surface area contributed by atoms with E-state index in [1.165, 1.54) is 0 Å². The number of rotatable bonds is 1. The summed E-state index contributed by atoms with van der Waals surface area (Å²) in [6, 6.07) is 3.29. The van der Waals surface area contributed by atoms with Crippen LogP contribution in [-0.2, 0) is 6.18 Å². The van der Waals surface area contributed by atoms with Crippen molar-refractivity contribution in [1.82, 2.24) is 0 Å². The Hall–Kier alpha value is -1.30. The van der Waals surface area contributed by atoms with E-state index < -0.39 is 22.4 Å². The Morgan fingerprint density at radius 2 is 1.86 bits per heavy atom. The van der Waals surface area contributed by atoms with Crippen molar-refractivity contribution >= 4 is 5.69 Å². The van der Waals surface area contributed by atoms with Crippen molar-refractivity contribution in [3.05, 3.63) is 39.9 Å². The van der Waals surface area contributed by atoms with Crippen LogP contribution in [0.5, 0.6) is 0 Å². The summed E-state index contributed by atoms with van der Waals surface area (Å²) in [5.41, 5.74) is -1.57. The van der Waals surface area contributed by atoms with Crippen LogP contribution in [0.3, 0.4) is 0 Å². The lowest BCUT2D eigenvalue weighted by atomic mass is 10.2. The third-order valence-corrected chi connectivity index (χ3v) is 1.38. The van der Waals surface area contributed by atoms with E-state index in [2.05, 4.69) is 0 Å². The molecule has 1 rings (SSSR count). The molecule has 0 fully saturated rings. The van der Waals surface area contributed by atoms with Gasteiger partial charge in [0.25, 0.3) is 5.69 Å². The second kappa shape index (κ2) is 4.28. The molecule has 78 valence electrons. The van der Waals surface area contributed by atoms with E-state index in [1.54, 1.807) is 0 Å². The Kier molecular flexibility index (Phi) is 3.88. The number of benzene rings is 1. The first-order valence-electron chi connectivity index (χ1n) is 3.23. The van der Waals surface area contributed by atoms with Gasteiger partial charge >= 0.3 is 6.18 Å². The number of hydrogen-bond donors (Lipinski definition) is 0. The fourth-order valence-corrected chi connectivity index (χ4v) is 0.796. The molecule has 0 spiro atoms. The van der Waals surface area contributed by atoms with Crippen LogP contribution in [0.2, 0.25) is 0 Å². The van der Waals surface area contributed by atoms with Crippen molar-refractivity contribution in [2.24, 2.45) is 0 Å². The predicted molar refractivity (Wildman–Crippen MR) is 38.1 cm³/mol. The van der Waals surface area contributed by atoms with E-state index >= 15 is 0 Å². The largest absolute Gasteiger partial charge is 1.00 e. The van der Waals surface area contributed by atoms with Crippen LogP contribution in [0.25, 0.3) is 0 Å². The highest BCUT2D eigenvalue weighted by molar-refractivity contribution is 5.35. The SMILES string of the molecule is O=[N+]([O-])c1cccc(C(F)(F)F)c1.[Cl-]. The first-order chi connectivity index (χ1) is 5.91. The molecule has 0 aliphatic heterocycles. The maximum absolute atomic E-state index is 12.0. The van der Waals surface area contributed by atoms with Crippen molar-refractivity contribution < 1.29 is 30.5 Å². The molecule has 14 heavy (non-hydrogen) atoms.